The van der Waals surface area contributed by atoms with Gasteiger partial charge >= 0.3 is 13.1 Å². The lowest BCUT2D eigenvalue weighted by atomic mass is 9.83. The summed E-state index contributed by atoms with van der Waals surface area (Å²) in [5.74, 6) is -0.00537. The van der Waals surface area contributed by atoms with E-state index in [1.54, 1.807) is 5.01 Å². The van der Waals surface area contributed by atoms with Gasteiger partial charge in [0.05, 0.1) is 16.8 Å². The molecule has 6 nitrogen and oxygen atoms in total. The van der Waals surface area contributed by atoms with Gasteiger partial charge in [-0.05, 0) is 46.6 Å². The van der Waals surface area contributed by atoms with E-state index < -0.39 is 24.4 Å². The van der Waals surface area contributed by atoms with Crippen LogP contribution in [-0.4, -0.2) is 48.5 Å². The van der Waals surface area contributed by atoms with E-state index in [2.05, 4.69) is 5.43 Å². The highest BCUT2D eigenvalue weighted by atomic mass is 16.7. The highest BCUT2D eigenvalue weighted by Crippen LogP contribution is 2.39. The van der Waals surface area contributed by atoms with Gasteiger partial charge in [0.25, 0.3) is 0 Å². The lowest BCUT2D eigenvalue weighted by Gasteiger charge is -2.32. The van der Waals surface area contributed by atoms with Crippen molar-refractivity contribution in [2.24, 2.45) is 5.92 Å². The van der Waals surface area contributed by atoms with E-state index in [0.717, 1.165) is 5.60 Å². The van der Waals surface area contributed by atoms with E-state index in [-0.39, 0.29) is 18.0 Å². The van der Waals surface area contributed by atoms with Crippen LogP contribution in [0.5, 0.6) is 0 Å². The Labute approximate surface area is 139 Å². The molecule has 0 aliphatic carbocycles. The number of ether oxygens (including phenoxy) is 1. The van der Waals surface area contributed by atoms with E-state index in [1.807, 2.05) is 61.6 Å². The molecule has 0 amide bonds. The molecule has 2 aliphatic rings. The Bertz CT molecular complexity index is 488. The van der Waals surface area contributed by atoms with E-state index >= 15 is 0 Å². The normalized spacial score (nSPS) is 27.3. The summed E-state index contributed by atoms with van der Waals surface area (Å²) in [5, 5.41) is 1.77. The molecule has 2 unspecified atom stereocenters. The molecule has 1 saturated heterocycles. The first-order chi connectivity index (χ1) is 10.4. The molecule has 130 valence electrons. The molecule has 0 aromatic heterocycles. The lowest BCUT2D eigenvalue weighted by Crippen LogP contribution is -2.42. The first-order valence-corrected chi connectivity index (χ1v) is 8.22. The molecule has 1 N–H and O–H groups in total. The predicted molar refractivity (Wildman–Crippen MR) is 89.2 cm³/mol. The van der Waals surface area contributed by atoms with Crippen molar-refractivity contribution in [2.75, 3.05) is 7.05 Å². The number of nitrogens with one attached hydrogen (secondary N) is 1. The van der Waals surface area contributed by atoms with Gasteiger partial charge in [-0.25, -0.2) is 10.2 Å². The molecule has 2 heterocycles. The highest BCUT2D eigenvalue weighted by molar-refractivity contribution is 6.54. The van der Waals surface area contributed by atoms with E-state index in [9.17, 15) is 4.79 Å². The molecule has 2 atom stereocenters. The maximum absolute atomic E-state index is 12.3. The molecule has 0 spiro atoms. The van der Waals surface area contributed by atoms with Crippen LogP contribution in [0.4, 0.5) is 0 Å². The van der Waals surface area contributed by atoms with Crippen molar-refractivity contribution in [3.63, 3.8) is 0 Å². The van der Waals surface area contributed by atoms with Gasteiger partial charge in [0.1, 0.15) is 12.1 Å². The van der Waals surface area contributed by atoms with Crippen LogP contribution in [0.2, 0.25) is 0 Å². The Morgan fingerprint density at radius 3 is 2.26 bits per heavy atom. The molecule has 0 saturated carbocycles. The van der Waals surface area contributed by atoms with Gasteiger partial charge in [0.2, 0.25) is 0 Å². The standard InChI is InChI=1S/C16H29BN2O4/c1-10(2)11(3)21-14(20)12-9-13(19(8)18-12)17-22-15(4,5)16(6,7)23-17/h9-12,18H,1-8H3. The molecule has 0 aromatic carbocycles. The second kappa shape index (κ2) is 6.11. The Kier molecular flexibility index (Phi) is 4.86. The highest BCUT2D eigenvalue weighted by Gasteiger charge is 2.54. The average Bonchev–Trinajstić information content (AvgIpc) is 2.87. The first kappa shape index (κ1) is 18.3. The Balaban J connectivity index is 2.08. The Morgan fingerprint density at radius 2 is 1.78 bits per heavy atom. The van der Waals surface area contributed by atoms with Crippen LogP contribution in [-0.2, 0) is 18.8 Å². The third kappa shape index (κ3) is 3.57. The summed E-state index contributed by atoms with van der Waals surface area (Å²) in [6.07, 6.45) is 1.70. The maximum atomic E-state index is 12.3. The van der Waals surface area contributed by atoms with Crippen molar-refractivity contribution in [1.82, 2.24) is 10.4 Å². The van der Waals surface area contributed by atoms with Crippen LogP contribution in [0, 0.1) is 5.92 Å². The van der Waals surface area contributed by atoms with E-state index in [0.29, 0.717) is 0 Å². The largest absolute Gasteiger partial charge is 0.513 e. The second-order valence-corrected chi connectivity index (χ2v) is 7.73. The second-order valence-electron chi connectivity index (χ2n) is 7.73. The minimum Gasteiger partial charge on any atom is -0.461 e. The SMILES string of the molecule is CC(C)C(C)OC(=O)C1C=C(B2OC(C)(C)C(C)(C)O2)N(C)N1. The molecule has 0 aromatic rings. The Hall–Kier alpha value is -1.05. The number of hydrogen-bond donors (Lipinski definition) is 1. The van der Waals surface area contributed by atoms with Crippen LogP contribution in [0.1, 0.15) is 48.5 Å². The lowest BCUT2D eigenvalue weighted by molar-refractivity contribution is -0.152. The van der Waals surface area contributed by atoms with Crippen molar-refractivity contribution in [2.45, 2.75) is 71.8 Å². The third-order valence-electron chi connectivity index (χ3n) is 5.05. The van der Waals surface area contributed by atoms with Gasteiger partial charge in [-0.15, -0.1) is 0 Å². The van der Waals surface area contributed by atoms with Crippen LogP contribution in [0.3, 0.4) is 0 Å². The number of hydrazine groups is 1. The molecule has 7 heteroatoms. The van der Waals surface area contributed by atoms with Gasteiger partial charge in [0, 0.05) is 7.05 Å². The minimum atomic E-state index is -0.518. The third-order valence-corrected chi connectivity index (χ3v) is 5.05. The fourth-order valence-corrected chi connectivity index (χ4v) is 2.32. The van der Waals surface area contributed by atoms with Crippen molar-refractivity contribution in [3.05, 3.63) is 11.7 Å². The fraction of sp³-hybridized carbons (Fsp3) is 0.812. The molecule has 0 bridgehead atoms. The van der Waals surface area contributed by atoms with E-state index in [1.165, 1.54) is 0 Å². The zero-order valence-corrected chi connectivity index (χ0v) is 15.5. The van der Waals surface area contributed by atoms with Crippen LogP contribution < -0.4 is 5.43 Å². The monoisotopic (exact) mass is 324 g/mol. The summed E-state index contributed by atoms with van der Waals surface area (Å²) in [4.78, 5) is 12.3. The zero-order valence-electron chi connectivity index (χ0n) is 15.5. The number of hydrogen-bond acceptors (Lipinski definition) is 6. The first-order valence-electron chi connectivity index (χ1n) is 8.22. The summed E-state index contributed by atoms with van der Waals surface area (Å²) < 4.78 is 17.6. The molecule has 23 heavy (non-hydrogen) atoms. The number of nitrogens with zero attached hydrogens (tertiary/aromatic N) is 1. The van der Waals surface area contributed by atoms with Gasteiger partial charge in [-0.1, -0.05) is 13.8 Å². The summed E-state index contributed by atoms with van der Waals surface area (Å²) in [5.41, 5.74) is 3.05. The van der Waals surface area contributed by atoms with Gasteiger partial charge in [0.15, 0.2) is 0 Å². The van der Waals surface area contributed by atoms with Gasteiger partial charge < -0.3 is 19.1 Å². The van der Waals surface area contributed by atoms with Crippen LogP contribution >= 0.6 is 0 Å². The van der Waals surface area contributed by atoms with Crippen molar-refractivity contribution in [3.8, 4) is 0 Å². The summed E-state index contributed by atoms with van der Waals surface area (Å²) in [6, 6.07) is -0.518. The van der Waals surface area contributed by atoms with Gasteiger partial charge in [-0.2, -0.15) is 0 Å². The molecular formula is C16H29BN2O4. The van der Waals surface area contributed by atoms with Gasteiger partial charge in [-0.3, -0.25) is 0 Å². The summed E-state index contributed by atoms with van der Waals surface area (Å²) >= 11 is 0. The number of rotatable bonds is 4. The molecule has 0 radical (unpaired) electrons. The number of carbonyl (C=O) groups excluding carboxylic acids is 1. The van der Waals surface area contributed by atoms with Crippen LogP contribution in [0.25, 0.3) is 0 Å². The summed E-state index contributed by atoms with van der Waals surface area (Å²) in [7, 11) is 1.34. The summed E-state index contributed by atoms with van der Waals surface area (Å²) in [6.45, 7) is 14.0. The van der Waals surface area contributed by atoms with Crippen LogP contribution in [0.15, 0.2) is 11.7 Å². The number of carbonyl (C=O) groups is 1. The Morgan fingerprint density at radius 1 is 1.26 bits per heavy atom. The molecule has 2 aliphatic heterocycles. The van der Waals surface area contributed by atoms with E-state index in [4.69, 9.17) is 14.0 Å². The van der Waals surface area contributed by atoms with Crippen molar-refractivity contribution < 1.29 is 18.8 Å². The maximum Gasteiger partial charge on any atom is 0.513 e. The minimum absolute atomic E-state index is 0.121. The molecule has 1 fully saturated rings. The topological polar surface area (TPSA) is 60.0 Å². The van der Waals surface area contributed by atoms with Crippen molar-refractivity contribution >= 4 is 13.1 Å². The predicted octanol–water partition coefficient (Wildman–Crippen LogP) is 1.91. The quantitative estimate of drug-likeness (QED) is 0.630. The smallest absolute Gasteiger partial charge is 0.461 e. The number of esters is 1. The fourth-order valence-electron chi connectivity index (χ4n) is 2.32. The zero-order chi connectivity index (χ0) is 17.6. The average molecular weight is 324 g/mol. The molecular weight excluding hydrogens is 295 g/mol. The van der Waals surface area contributed by atoms with Crippen molar-refractivity contribution in [1.29, 1.82) is 0 Å². The molecule has 2 rings (SSSR count).